The highest BCUT2D eigenvalue weighted by molar-refractivity contribution is 6.03. The van der Waals surface area contributed by atoms with Gasteiger partial charge in [-0.3, -0.25) is 4.79 Å². The molecule has 3 rings (SSSR count). The zero-order valence-corrected chi connectivity index (χ0v) is 15.1. The van der Waals surface area contributed by atoms with Gasteiger partial charge in [-0.2, -0.15) is 0 Å². The zero-order valence-electron chi connectivity index (χ0n) is 15.1. The van der Waals surface area contributed by atoms with E-state index >= 15 is 0 Å². The van der Waals surface area contributed by atoms with E-state index in [1.807, 2.05) is 60.2 Å². The Bertz CT molecular complexity index is 888. The van der Waals surface area contributed by atoms with Gasteiger partial charge in [0.2, 0.25) is 0 Å². The number of fused-ring (bicyclic) bond motifs is 1. The number of imidazole rings is 1. The molecule has 0 radical (unpaired) electrons. The second-order valence-electron chi connectivity index (χ2n) is 7.24. The summed E-state index contributed by atoms with van der Waals surface area (Å²) in [7, 11) is 1.91. The number of amides is 1. The maximum atomic E-state index is 12.5. The van der Waals surface area contributed by atoms with Crippen molar-refractivity contribution < 1.29 is 4.79 Å². The SMILES string of the molecule is CNCc1ccc2nc(NC(=O)c3ccc(C(C)(C)C)cc3)cn2c1. The van der Waals surface area contributed by atoms with Gasteiger partial charge in [-0.15, -0.1) is 0 Å². The summed E-state index contributed by atoms with van der Waals surface area (Å²) in [4.78, 5) is 16.9. The predicted molar refractivity (Wildman–Crippen MR) is 101 cm³/mol. The molecule has 2 N–H and O–H groups in total. The monoisotopic (exact) mass is 336 g/mol. The molecule has 0 unspecified atom stereocenters. The maximum Gasteiger partial charge on any atom is 0.256 e. The molecular weight excluding hydrogens is 312 g/mol. The van der Waals surface area contributed by atoms with Crippen LogP contribution in [-0.4, -0.2) is 22.3 Å². The smallest absolute Gasteiger partial charge is 0.256 e. The van der Waals surface area contributed by atoms with E-state index in [1.54, 1.807) is 0 Å². The molecule has 1 amide bonds. The van der Waals surface area contributed by atoms with Gasteiger partial charge in [0.1, 0.15) is 5.65 Å². The summed E-state index contributed by atoms with van der Waals surface area (Å²) in [6.45, 7) is 7.25. The van der Waals surface area contributed by atoms with Crippen LogP contribution in [-0.2, 0) is 12.0 Å². The van der Waals surface area contributed by atoms with Gasteiger partial charge in [0.05, 0.1) is 6.20 Å². The van der Waals surface area contributed by atoms with Gasteiger partial charge in [0, 0.05) is 18.3 Å². The van der Waals surface area contributed by atoms with Gasteiger partial charge in [0.15, 0.2) is 5.82 Å². The first-order chi connectivity index (χ1) is 11.9. The van der Waals surface area contributed by atoms with Crippen molar-refractivity contribution in [1.29, 1.82) is 0 Å². The molecule has 0 bridgehead atoms. The Hall–Kier alpha value is -2.66. The molecule has 5 nitrogen and oxygen atoms in total. The minimum absolute atomic E-state index is 0.0711. The molecule has 3 aromatic rings. The largest absolute Gasteiger partial charge is 0.316 e. The molecule has 2 heterocycles. The first-order valence-electron chi connectivity index (χ1n) is 8.41. The molecule has 0 saturated carbocycles. The molecule has 2 aromatic heterocycles. The van der Waals surface area contributed by atoms with E-state index in [1.165, 1.54) is 5.56 Å². The summed E-state index contributed by atoms with van der Waals surface area (Å²) in [6.07, 6.45) is 3.84. The van der Waals surface area contributed by atoms with Crippen LogP contribution in [0.15, 0.2) is 48.8 Å². The topological polar surface area (TPSA) is 58.4 Å². The van der Waals surface area contributed by atoms with Crippen molar-refractivity contribution >= 4 is 17.4 Å². The molecule has 1 aromatic carbocycles. The average Bonchev–Trinajstić information content (AvgIpc) is 2.96. The fourth-order valence-electron chi connectivity index (χ4n) is 2.72. The normalized spacial score (nSPS) is 11.7. The number of carbonyl (C=O) groups is 1. The van der Waals surface area contributed by atoms with Crippen molar-refractivity contribution in [2.24, 2.45) is 0 Å². The van der Waals surface area contributed by atoms with Crippen LogP contribution in [0.4, 0.5) is 5.82 Å². The van der Waals surface area contributed by atoms with E-state index in [0.29, 0.717) is 11.4 Å². The molecule has 5 heteroatoms. The van der Waals surface area contributed by atoms with Gasteiger partial charge in [-0.05, 0) is 41.8 Å². The summed E-state index contributed by atoms with van der Waals surface area (Å²) in [6, 6.07) is 11.7. The van der Waals surface area contributed by atoms with E-state index in [-0.39, 0.29) is 11.3 Å². The van der Waals surface area contributed by atoms with Gasteiger partial charge >= 0.3 is 0 Å². The number of rotatable bonds is 4. The van der Waals surface area contributed by atoms with E-state index in [9.17, 15) is 4.79 Å². The highest BCUT2D eigenvalue weighted by atomic mass is 16.1. The first-order valence-corrected chi connectivity index (χ1v) is 8.41. The maximum absolute atomic E-state index is 12.5. The quantitative estimate of drug-likeness (QED) is 0.765. The lowest BCUT2D eigenvalue weighted by Crippen LogP contribution is -2.14. The highest BCUT2D eigenvalue weighted by Crippen LogP contribution is 2.22. The second-order valence-corrected chi connectivity index (χ2v) is 7.24. The number of nitrogens with one attached hydrogen (secondary N) is 2. The Morgan fingerprint density at radius 3 is 2.44 bits per heavy atom. The Kier molecular flexibility index (Phi) is 4.59. The molecule has 0 saturated heterocycles. The van der Waals surface area contributed by atoms with E-state index in [2.05, 4.69) is 36.4 Å². The molecular formula is C20H24N4O. The van der Waals surface area contributed by atoms with Gasteiger partial charge < -0.3 is 15.0 Å². The van der Waals surface area contributed by atoms with Crippen molar-refractivity contribution in [3.8, 4) is 0 Å². The Balaban J connectivity index is 1.77. The van der Waals surface area contributed by atoms with Crippen LogP contribution in [0.25, 0.3) is 5.65 Å². The molecule has 0 aliphatic carbocycles. The third-order valence-electron chi connectivity index (χ3n) is 4.15. The lowest BCUT2D eigenvalue weighted by molar-refractivity contribution is 0.102. The third-order valence-corrected chi connectivity index (χ3v) is 4.15. The van der Waals surface area contributed by atoms with Crippen molar-refractivity contribution in [2.75, 3.05) is 12.4 Å². The number of nitrogens with zero attached hydrogens (tertiary/aromatic N) is 2. The summed E-state index contributed by atoms with van der Waals surface area (Å²) < 4.78 is 1.92. The van der Waals surface area contributed by atoms with Gasteiger partial charge in [0.25, 0.3) is 5.91 Å². The zero-order chi connectivity index (χ0) is 18.0. The lowest BCUT2D eigenvalue weighted by Gasteiger charge is -2.18. The molecule has 0 fully saturated rings. The third kappa shape index (κ3) is 3.88. The van der Waals surface area contributed by atoms with E-state index in [4.69, 9.17) is 0 Å². The standard InChI is InChI=1S/C20H24N4O/c1-20(2,3)16-8-6-15(7-9-16)19(25)23-17-13-24-12-14(11-21-4)5-10-18(24)22-17/h5-10,12-13,21H,11H2,1-4H3,(H,23,25). The number of benzene rings is 1. The number of pyridine rings is 1. The van der Waals surface area contributed by atoms with Crippen LogP contribution in [0.2, 0.25) is 0 Å². The van der Waals surface area contributed by atoms with Crippen LogP contribution >= 0.6 is 0 Å². The molecule has 25 heavy (non-hydrogen) atoms. The van der Waals surface area contributed by atoms with Gasteiger partial charge in [-0.25, -0.2) is 4.98 Å². The van der Waals surface area contributed by atoms with Crippen LogP contribution in [0.1, 0.15) is 42.3 Å². The van der Waals surface area contributed by atoms with Crippen LogP contribution in [0.3, 0.4) is 0 Å². The van der Waals surface area contributed by atoms with E-state index < -0.39 is 0 Å². The van der Waals surface area contributed by atoms with Crippen molar-refractivity contribution in [3.05, 3.63) is 65.5 Å². The Morgan fingerprint density at radius 2 is 1.80 bits per heavy atom. The van der Waals surface area contributed by atoms with Gasteiger partial charge in [-0.1, -0.05) is 39.0 Å². The Morgan fingerprint density at radius 1 is 1.08 bits per heavy atom. The number of anilines is 1. The summed E-state index contributed by atoms with van der Waals surface area (Å²) >= 11 is 0. The molecule has 130 valence electrons. The fraction of sp³-hybridized carbons (Fsp3) is 0.300. The summed E-state index contributed by atoms with van der Waals surface area (Å²) in [5, 5.41) is 5.99. The van der Waals surface area contributed by atoms with Crippen LogP contribution in [0.5, 0.6) is 0 Å². The first kappa shape index (κ1) is 17.2. The number of carbonyl (C=O) groups excluding carboxylic acids is 1. The highest BCUT2D eigenvalue weighted by Gasteiger charge is 2.15. The molecule has 0 atom stereocenters. The molecule has 0 aliphatic heterocycles. The summed E-state index contributed by atoms with van der Waals surface area (Å²) in [5.74, 6) is 0.394. The second kappa shape index (κ2) is 6.69. The lowest BCUT2D eigenvalue weighted by atomic mass is 9.87. The molecule has 0 aliphatic rings. The Labute approximate surface area is 148 Å². The number of hydrogen-bond acceptors (Lipinski definition) is 3. The van der Waals surface area contributed by atoms with E-state index in [0.717, 1.165) is 17.8 Å². The van der Waals surface area contributed by atoms with Crippen LogP contribution < -0.4 is 10.6 Å². The van der Waals surface area contributed by atoms with Crippen molar-refractivity contribution in [3.63, 3.8) is 0 Å². The van der Waals surface area contributed by atoms with Crippen molar-refractivity contribution in [2.45, 2.75) is 32.7 Å². The summed E-state index contributed by atoms with van der Waals surface area (Å²) in [5.41, 5.74) is 3.86. The minimum Gasteiger partial charge on any atom is -0.316 e. The van der Waals surface area contributed by atoms with Crippen molar-refractivity contribution in [1.82, 2.24) is 14.7 Å². The average molecular weight is 336 g/mol. The number of aromatic nitrogens is 2. The predicted octanol–water partition coefficient (Wildman–Crippen LogP) is 3.60. The number of hydrogen-bond donors (Lipinski definition) is 2. The molecule has 0 spiro atoms. The minimum atomic E-state index is -0.153. The fourth-order valence-corrected chi connectivity index (χ4v) is 2.72. The van der Waals surface area contributed by atoms with Crippen LogP contribution in [0, 0.1) is 0 Å².